The lowest BCUT2D eigenvalue weighted by molar-refractivity contribution is -0.130. The van der Waals surface area contributed by atoms with Gasteiger partial charge < -0.3 is 14.2 Å². The number of benzene rings is 1. The molecule has 1 aromatic carbocycles. The van der Waals surface area contributed by atoms with E-state index in [0.717, 1.165) is 30.7 Å². The van der Waals surface area contributed by atoms with Crippen molar-refractivity contribution in [1.82, 2.24) is 15.0 Å². The minimum atomic E-state index is 0.0535. The second-order valence-electron chi connectivity index (χ2n) is 7.31. The smallest absolute Gasteiger partial charge is 0.231 e. The summed E-state index contributed by atoms with van der Waals surface area (Å²) in [6.07, 6.45) is 7.10. The van der Waals surface area contributed by atoms with Crippen molar-refractivity contribution in [3.05, 3.63) is 41.5 Å². The first-order chi connectivity index (χ1) is 12.7. The molecule has 1 atom stereocenters. The van der Waals surface area contributed by atoms with Gasteiger partial charge in [0.05, 0.1) is 13.5 Å². The van der Waals surface area contributed by atoms with Gasteiger partial charge in [0, 0.05) is 24.9 Å². The summed E-state index contributed by atoms with van der Waals surface area (Å²) in [4.78, 5) is 19.1. The minimum Gasteiger partial charge on any atom is -0.497 e. The van der Waals surface area contributed by atoms with Crippen molar-refractivity contribution in [3.8, 4) is 5.75 Å². The van der Waals surface area contributed by atoms with Crippen LogP contribution < -0.4 is 4.74 Å². The molecule has 1 aliphatic carbocycles. The predicted molar refractivity (Wildman–Crippen MR) is 96.0 cm³/mol. The summed E-state index contributed by atoms with van der Waals surface area (Å²) in [5.74, 6) is 2.38. The topological polar surface area (TPSA) is 68.5 Å². The number of nitrogens with zero attached hydrogens (tertiary/aromatic N) is 3. The SMILES string of the molecule is COc1ccc(Cc2nc([C@@H]3CC(=O)N(C4CCCCC4)C3)no2)cc1. The van der Waals surface area contributed by atoms with E-state index in [1.807, 2.05) is 24.3 Å². The first-order valence-corrected chi connectivity index (χ1v) is 9.48. The van der Waals surface area contributed by atoms with Crippen molar-refractivity contribution in [3.63, 3.8) is 0 Å². The Morgan fingerprint density at radius 1 is 1.19 bits per heavy atom. The molecule has 0 radical (unpaired) electrons. The van der Waals surface area contributed by atoms with E-state index < -0.39 is 0 Å². The molecule has 0 N–H and O–H groups in total. The number of rotatable bonds is 5. The molecule has 2 aliphatic rings. The van der Waals surface area contributed by atoms with Crippen LogP contribution in [0.4, 0.5) is 0 Å². The molecule has 2 fully saturated rings. The fourth-order valence-electron chi connectivity index (χ4n) is 4.07. The Morgan fingerprint density at radius 3 is 2.69 bits per heavy atom. The molecule has 138 valence electrons. The van der Waals surface area contributed by atoms with Crippen LogP contribution in [0.5, 0.6) is 5.75 Å². The predicted octanol–water partition coefficient (Wildman–Crippen LogP) is 3.32. The number of likely N-dealkylation sites (tertiary alicyclic amines) is 1. The maximum atomic E-state index is 12.4. The average molecular weight is 355 g/mol. The van der Waals surface area contributed by atoms with Crippen LogP contribution >= 0.6 is 0 Å². The zero-order chi connectivity index (χ0) is 17.9. The molecule has 4 rings (SSSR count). The van der Waals surface area contributed by atoms with Crippen molar-refractivity contribution in [2.75, 3.05) is 13.7 Å². The van der Waals surface area contributed by atoms with E-state index in [0.29, 0.717) is 30.6 Å². The molecule has 1 amide bonds. The van der Waals surface area contributed by atoms with Crippen LogP contribution in [0.25, 0.3) is 0 Å². The Labute approximate surface area is 153 Å². The van der Waals surface area contributed by atoms with E-state index in [1.54, 1.807) is 7.11 Å². The van der Waals surface area contributed by atoms with E-state index in [2.05, 4.69) is 15.0 Å². The maximum absolute atomic E-state index is 12.4. The normalized spacial score (nSPS) is 21.3. The van der Waals surface area contributed by atoms with Crippen LogP contribution in [0.1, 0.15) is 61.7 Å². The Kier molecular flexibility index (Phi) is 4.91. The van der Waals surface area contributed by atoms with Crippen LogP contribution in [0.15, 0.2) is 28.8 Å². The van der Waals surface area contributed by atoms with Crippen LogP contribution in [0.3, 0.4) is 0 Å². The third-order valence-electron chi connectivity index (χ3n) is 5.54. The van der Waals surface area contributed by atoms with Gasteiger partial charge in [0.1, 0.15) is 5.75 Å². The van der Waals surface area contributed by atoms with E-state index in [9.17, 15) is 4.79 Å². The number of amides is 1. The van der Waals surface area contributed by atoms with Crippen LogP contribution in [0, 0.1) is 0 Å². The molecule has 0 spiro atoms. The van der Waals surface area contributed by atoms with Gasteiger partial charge in [-0.15, -0.1) is 0 Å². The molecule has 1 saturated carbocycles. The van der Waals surface area contributed by atoms with Crippen molar-refractivity contribution in [1.29, 1.82) is 0 Å². The Morgan fingerprint density at radius 2 is 1.96 bits per heavy atom. The number of carbonyl (C=O) groups is 1. The third-order valence-corrected chi connectivity index (χ3v) is 5.54. The molecule has 2 heterocycles. The molecular formula is C20H25N3O3. The van der Waals surface area contributed by atoms with Crippen molar-refractivity contribution >= 4 is 5.91 Å². The number of ether oxygens (including phenoxy) is 1. The highest BCUT2D eigenvalue weighted by molar-refractivity contribution is 5.79. The lowest BCUT2D eigenvalue weighted by Crippen LogP contribution is -2.37. The number of hydrogen-bond donors (Lipinski definition) is 0. The number of carbonyl (C=O) groups excluding carboxylic acids is 1. The van der Waals surface area contributed by atoms with Gasteiger partial charge in [0.2, 0.25) is 11.8 Å². The van der Waals surface area contributed by atoms with Crippen molar-refractivity contribution in [2.45, 2.75) is 56.9 Å². The molecule has 26 heavy (non-hydrogen) atoms. The zero-order valence-electron chi connectivity index (χ0n) is 15.2. The molecule has 6 heteroatoms. The summed E-state index contributed by atoms with van der Waals surface area (Å²) in [5.41, 5.74) is 1.09. The standard InChI is InChI=1S/C20H25N3O3/c1-25-17-9-7-14(8-10-17)11-18-21-20(22-26-18)15-12-19(24)23(13-15)16-5-3-2-4-6-16/h7-10,15-16H,2-6,11-13H2,1H3/t15-/m1/s1. The molecule has 1 saturated heterocycles. The number of hydrogen-bond acceptors (Lipinski definition) is 5. The van der Waals surface area contributed by atoms with Crippen molar-refractivity contribution < 1.29 is 14.1 Å². The van der Waals surface area contributed by atoms with Crippen LogP contribution in [-0.2, 0) is 11.2 Å². The second kappa shape index (κ2) is 7.48. The van der Waals surface area contributed by atoms with Crippen LogP contribution in [-0.4, -0.2) is 40.6 Å². The summed E-state index contributed by atoms with van der Waals surface area (Å²) in [6, 6.07) is 8.24. The molecule has 1 aliphatic heterocycles. The summed E-state index contributed by atoms with van der Waals surface area (Å²) >= 11 is 0. The third kappa shape index (κ3) is 3.59. The van der Waals surface area contributed by atoms with Gasteiger partial charge >= 0.3 is 0 Å². The van der Waals surface area contributed by atoms with E-state index >= 15 is 0 Å². The summed E-state index contributed by atoms with van der Waals surface area (Å²) < 4.78 is 10.6. The second-order valence-corrected chi connectivity index (χ2v) is 7.31. The zero-order valence-corrected chi connectivity index (χ0v) is 15.2. The molecule has 1 aromatic heterocycles. The fraction of sp³-hybridized carbons (Fsp3) is 0.550. The number of aromatic nitrogens is 2. The first-order valence-electron chi connectivity index (χ1n) is 9.48. The van der Waals surface area contributed by atoms with Gasteiger partial charge in [0.15, 0.2) is 5.82 Å². The molecular weight excluding hydrogens is 330 g/mol. The monoisotopic (exact) mass is 355 g/mol. The van der Waals surface area contributed by atoms with Gasteiger partial charge in [-0.3, -0.25) is 4.79 Å². The Balaban J connectivity index is 1.40. The Bertz CT molecular complexity index is 750. The van der Waals surface area contributed by atoms with Gasteiger partial charge in [-0.1, -0.05) is 36.6 Å². The van der Waals surface area contributed by atoms with Crippen LogP contribution in [0.2, 0.25) is 0 Å². The lowest BCUT2D eigenvalue weighted by atomic mass is 9.94. The highest BCUT2D eigenvalue weighted by Gasteiger charge is 2.37. The highest BCUT2D eigenvalue weighted by Crippen LogP contribution is 2.32. The number of methoxy groups -OCH3 is 1. The van der Waals surface area contributed by atoms with Gasteiger partial charge in [-0.05, 0) is 30.5 Å². The summed E-state index contributed by atoms with van der Waals surface area (Å²) in [6.45, 7) is 0.727. The fourth-order valence-corrected chi connectivity index (χ4v) is 4.07. The quantitative estimate of drug-likeness (QED) is 0.823. The van der Waals surface area contributed by atoms with Gasteiger partial charge in [-0.2, -0.15) is 4.98 Å². The molecule has 0 unspecified atom stereocenters. The minimum absolute atomic E-state index is 0.0535. The largest absolute Gasteiger partial charge is 0.497 e. The first kappa shape index (κ1) is 17.1. The summed E-state index contributed by atoms with van der Waals surface area (Å²) in [5, 5.41) is 4.15. The van der Waals surface area contributed by atoms with Crippen molar-refractivity contribution in [2.24, 2.45) is 0 Å². The van der Waals surface area contributed by atoms with Gasteiger partial charge in [-0.25, -0.2) is 0 Å². The average Bonchev–Trinajstić information content (AvgIpc) is 3.30. The molecule has 6 nitrogen and oxygen atoms in total. The molecule has 0 bridgehead atoms. The summed E-state index contributed by atoms with van der Waals surface area (Å²) in [7, 11) is 1.65. The Hall–Kier alpha value is -2.37. The maximum Gasteiger partial charge on any atom is 0.231 e. The highest BCUT2D eigenvalue weighted by atomic mass is 16.5. The van der Waals surface area contributed by atoms with E-state index in [-0.39, 0.29) is 11.8 Å². The lowest BCUT2D eigenvalue weighted by Gasteiger charge is -2.31. The molecule has 2 aromatic rings. The van der Waals surface area contributed by atoms with E-state index in [1.165, 1.54) is 19.3 Å². The van der Waals surface area contributed by atoms with E-state index in [4.69, 9.17) is 9.26 Å². The van der Waals surface area contributed by atoms with Gasteiger partial charge in [0.25, 0.3) is 0 Å².